The Hall–Kier alpha value is -1.94. The topological polar surface area (TPSA) is 237 Å². The lowest BCUT2D eigenvalue weighted by Crippen LogP contribution is -2.30. The highest BCUT2D eigenvalue weighted by molar-refractivity contribution is 7.47. The van der Waals surface area contributed by atoms with Gasteiger partial charge in [-0.2, -0.15) is 0 Å². The number of phosphoric acid groups is 2. The molecule has 0 aliphatic rings. The van der Waals surface area contributed by atoms with Crippen molar-refractivity contribution < 1.29 is 80.2 Å². The average Bonchev–Trinajstić information content (AvgIpc) is 1.88. The van der Waals surface area contributed by atoms with Crippen LogP contribution in [0.5, 0.6) is 0 Å². The fourth-order valence-corrected chi connectivity index (χ4v) is 12.6. The molecule has 0 aromatic carbocycles. The van der Waals surface area contributed by atoms with E-state index in [0.717, 1.165) is 114 Å². The Morgan fingerprint density at radius 1 is 0.272 bits per heavy atom. The molecular weight excluding hydrogens is 1210 g/mol. The third kappa shape index (κ3) is 66.7. The van der Waals surface area contributed by atoms with Crippen molar-refractivity contribution in [3.8, 4) is 0 Å². The van der Waals surface area contributed by atoms with Gasteiger partial charge in [-0.15, -0.1) is 0 Å². The van der Waals surface area contributed by atoms with Gasteiger partial charge >= 0.3 is 39.5 Å². The molecule has 0 aromatic heterocycles. The van der Waals surface area contributed by atoms with E-state index in [1.807, 2.05) is 0 Å². The van der Waals surface area contributed by atoms with Crippen molar-refractivity contribution in [1.82, 2.24) is 0 Å². The van der Waals surface area contributed by atoms with Crippen LogP contribution in [-0.4, -0.2) is 96.7 Å². The third-order valence-electron chi connectivity index (χ3n) is 16.8. The van der Waals surface area contributed by atoms with E-state index in [4.69, 9.17) is 37.0 Å². The third-order valence-corrected chi connectivity index (χ3v) is 18.7. The van der Waals surface area contributed by atoms with Crippen molar-refractivity contribution in [2.24, 2.45) is 23.7 Å². The van der Waals surface area contributed by atoms with Crippen LogP contribution >= 0.6 is 15.6 Å². The predicted molar refractivity (Wildman–Crippen MR) is 372 cm³/mol. The molecule has 0 aromatic rings. The Bertz CT molecular complexity index is 1820. The van der Waals surface area contributed by atoms with Crippen molar-refractivity contribution >= 4 is 39.5 Å². The zero-order valence-electron chi connectivity index (χ0n) is 60.2. The van der Waals surface area contributed by atoms with E-state index >= 15 is 0 Å². The minimum atomic E-state index is -4.96. The quantitative estimate of drug-likeness (QED) is 0.0222. The summed E-state index contributed by atoms with van der Waals surface area (Å²) in [5.41, 5.74) is 0. The molecule has 0 amide bonds. The number of hydrogen-bond donors (Lipinski definition) is 3. The van der Waals surface area contributed by atoms with Gasteiger partial charge in [0.05, 0.1) is 26.4 Å². The second-order valence-electron chi connectivity index (χ2n) is 28.2. The van der Waals surface area contributed by atoms with Crippen LogP contribution in [0.25, 0.3) is 0 Å². The average molecular weight is 1350 g/mol. The Kier molecular flexibility index (Phi) is 61.3. The first-order valence-corrected chi connectivity index (χ1v) is 40.7. The number of aliphatic hydroxyl groups is 1. The highest BCUT2D eigenvalue weighted by Crippen LogP contribution is 2.45. The van der Waals surface area contributed by atoms with E-state index in [2.05, 4.69) is 55.4 Å². The number of esters is 4. The molecule has 0 rings (SSSR count). The molecule has 546 valence electrons. The zero-order valence-corrected chi connectivity index (χ0v) is 62.0. The summed E-state index contributed by atoms with van der Waals surface area (Å²) in [4.78, 5) is 72.6. The summed E-state index contributed by atoms with van der Waals surface area (Å²) in [6, 6.07) is 0. The van der Waals surface area contributed by atoms with Crippen LogP contribution in [0.2, 0.25) is 0 Å². The van der Waals surface area contributed by atoms with Gasteiger partial charge < -0.3 is 33.8 Å². The van der Waals surface area contributed by atoms with E-state index in [1.54, 1.807) is 0 Å². The number of carbonyl (C=O) groups is 4. The fourth-order valence-electron chi connectivity index (χ4n) is 11.0. The molecule has 0 fully saturated rings. The minimum absolute atomic E-state index is 0.104. The molecule has 92 heavy (non-hydrogen) atoms. The zero-order chi connectivity index (χ0) is 68.2. The molecule has 0 heterocycles. The summed E-state index contributed by atoms with van der Waals surface area (Å²) in [6.45, 7) is 14.1. The molecule has 0 saturated carbocycles. The molecule has 0 saturated heterocycles. The van der Waals surface area contributed by atoms with Gasteiger partial charge in [0.25, 0.3) is 0 Å². The molecule has 0 spiro atoms. The molecule has 3 unspecified atom stereocenters. The number of unbranched alkanes of at least 4 members (excludes halogenated alkanes) is 36. The van der Waals surface area contributed by atoms with E-state index in [1.165, 1.54) is 161 Å². The van der Waals surface area contributed by atoms with E-state index in [9.17, 15) is 43.2 Å². The number of ether oxygens (including phenoxy) is 4. The molecule has 0 aliphatic heterocycles. The lowest BCUT2D eigenvalue weighted by atomic mass is 10.0. The van der Waals surface area contributed by atoms with Gasteiger partial charge in [0.1, 0.15) is 19.3 Å². The summed E-state index contributed by atoms with van der Waals surface area (Å²) in [6.07, 6.45) is 45.9. The number of phosphoric ester groups is 2. The molecular formula is C73H142O17P2. The Morgan fingerprint density at radius 2 is 0.457 bits per heavy atom. The minimum Gasteiger partial charge on any atom is -0.462 e. The highest BCUT2D eigenvalue weighted by atomic mass is 31.2. The van der Waals surface area contributed by atoms with Gasteiger partial charge in [0, 0.05) is 25.7 Å². The second-order valence-corrected chi connectivity index (χ2v) is 31.1. The van der Waals surface area contributed by atoms with Crippen molar-refractivity contribution in [2.75, 3.05) is 39.6 Å². The summed E-state index contributed by atoms with van der Waals surface area (Å²) in [5, 5.41) is 10.6. The molecule has 0 aliphatic carbocycles. The van der Waals surface area contributed by atoms with E-state index < -0.39 is 97.5 Å². The maximum absolute atomic E-state index is 13.1. The number of aliphatic hydroxyl groups excluding tert-OH is 1. The molecule has 5 atom stereocenters. The number of hydrogen-bond acceptors (Lipinski definition) is 15. The lowest BCUT2D eigenvalue weighted by molar-refractivity contribution is -0.161. The maximum atomic E-state index is 13.1. The summed E-state index contributed by atoms with van der Waals surface area (Å²) >= 11 is 0. The normalized spacial score (nSPS) is 14.2. The predicted octanol–water partition coefficient (Wildman–Crippen LogP) is 20.9. The van der Waals surface area contributed by atoms with Crippen LogP contribution in [-0.2, 0) is 65.4 Å². The Labute approximate surface area is 562 Å². The van der Waals surface area contributed by atoms with Crippen molar-refractivity contribution in [3.63, 3.8) is 0 Å². The monoisotopic (exact) mass is 1350 g/mol. The van der Waals surface area contributed by atoms with Crippen LogP contribution in [0.15, 0.2) is 0 Å². The van der Waals surface area contributed by atoms with E-state index in [0.29, 0.717) is 31.6 Å². The van der Waals surface area contributed by atoms with Crippen LogP contribution in [0.3, 0.4) is 0 Å². The molecule has 19 heteroatoms. The highest BCUT2D eigenvalue weighted by Gasteiger charge is 2.30. The fraction of sp³-hybridized carbons (Fsp3) is 0.945. The summed E-state index contributed by atoms with van der Waals surface area (Å²) in [5.74, 6) is 0.861. The van der Waals surface area contributed by atoms with Crippen LogP contribution < -0.4 is 0 Å². The summed E-state index contributed by atoms with van der Waals surface area (Å²) in [7, 11) is -9.91. The first-order chi connectivity index (χ1) is 44.1. The Morgan fingerprint density at radius 3 is 0.674 bits per heavy atom. The smallest absolute Gasteiger partial charge is 0.462 e. The standard InChI is InChI=1S/C73H142O17P2/c1-63(2)49-41-33-25-18-14-12-10-9-11-13-15-21-30-39-47-55-72(77)89-68(59-83-70(75)53-45-37-29-22-16-19-26-34-42-50-64(3)4)61-87-91(79,80)85-57-67(74)58-86-92(81,82)88-62-69(60-84-71(76)54-46-38-32-24-28-36-44-52-66(7)8)90-73(78)56-48-40-31-23-17-20-27-35-43-51-65(5)6/h63-69,74H,9-62H2,1-8H3,(H,79,80)(H,81,82)/t67?,68-,69-/m1/s1. The Balaban J connectivity index is 5.24. The van der Waals surface area contributed by atoms with Crippen LogP contribution in [0.4, 0.5) is 0 Å². The molecule has 0 radical (unpaired) electrons. The first kappa shape index (κ1) is 90.1. The molecule has 17 nitrogen and oxygen atoms in total. The van der Waals surface area contributed by atoms with Crippen molar-refractivity contribution in [3.05, 3.63) is 0 Å². The first-order valence-electron chi connectivity index (χ1n) is 37.7. The number of rotatable bonds is 70. The largest absolute Gasteiger partial charge is 0.472 e. The van der Waals surface area contributed by atoms with Gasteiger partial charge in [-0.05, 0) is 49.4 Å². The molecule has 0 bridgehead atoms. The number of carbonyl (C=O) groups excluding carboxylic acids is 4. The lowest BCUT2D eigenvalue weighted by Gasteiger charge is -2.21. The molecule has 3 N–H and O–H groups in total. The van der Waals surface area contributed by atoms with Gasteiger partial charge in [-0.1, -0.05) is 312 Å². The van der Waals surface area contributed by atoms with Crippen LogP contribution in [0, 0.1) is 23.7 Å². The van der Waals surface area contributed by atoms with Gasteiger partial charge in [-0.3, -0.25) is 37.3 Å². The SMILES string of the molecule is CC(C)CCCCCCCCCCCCCCCCCC(=O)O[C@H](COC(=O)CCCCCCCCCCCC(C)C)COP(=O)(O)OCC(O)COP(=O)(O)OC[C@@H](COC(=O)CCCCCCCCCC(C)C)OC(=O)CCCCCCCCCCCC(C)C. The van der Waals surface area contributed by atoms with Crippen LogP contribution in [0.1, 0.15) is 364 Å². The van der Waals surface area contributed by atoms with Gasteiger partial charge in [0.15, 0.2) is 12.2 Å². The second kappa shape index (κ2) is 62.6. The van der Waals surface area contributed by atoms with Gasteiger partial charge in [0.2, 0.25) is 0 Å². The van der Waals surface area contributed by atoms with Crippen molar-refractivity contribution in [2.45, 2.75) is 382 Å². The van der Waals surface area contributed by atoms with Gasteiger partial charge in [-0.25, -0.2) is 9.13 Å². The van der Waals surface area contributed by atoms with Crippen molar-refractivity contribution in [1.29, 1.82) is 0 Å². The van der Waals surface area contributed by atoms with E-state index in [-0.39, 0.29) is 25.7 Å². The maximum Gasteiger partial charge on any atom is 0.472 e. The summed E-state index contributed by atoms with van der Waals surface area (Å²) < 4.78 is 68.4.